The zero-order valence-electron chi connectivity index (χ0n) is 8.27. The van der Waals surface area contributed by atoms with Crippen molar-refractivity contribution in [2.24, 2.45) is 0 Å². The van der Waals surface area contributed by atoms with Crippen molar-refractivity contribution >= 4 is 16.2 Å². The Morgan fingerprint density at radius 2 is 2.06 bits per heavy atom. The molecule has 0 saturated heterocycles. The Balaban J connectivity index is 2.86. The molecule has 1 aliphatic rings. The molecule has 1 rings (SSSR count). The zero-order chi connectivity index (χ0) is 13.3. The second-order valence-electron chi connectivity index (χ2n) is 3.16. The average Bonchev–Trinajstić information content (AvgIpc) is 2.15. The molecular weight excluding hydrogens is 267 g/mol. The lowest BCUT2D eigenvalue weighted by molar-refractivity contribution is -0.0525. The zero-order valence-corrected chi connectivity index (χ0v) is 9.08. The molecule has 0 aliphatic carbocycles. The molecule has 0 unspecified atom stereocenters. The monoisotopic (exact) mass is 275 g/mol. The molecule has 17 heavy (non-hydrogen) atoms. The largest absolute Gasteiger partial charge is 0.534 e. The SMILES string of the molecule is O=C(O)N1C=C(OS(=O)(=O)C(F)(F)F)CCC1. The van der Waals surface area contributed by atoms with E-state index in [2.05, 4.69) is 4.18 Å². The number of amides is 1. The van der Waals surface area contributed by atoms with Gasteiger partial charge < -0.3 is 9.29 Å². The van der Waals surface area contributed by atoms with Crippen LogP contribution in [0.15, 0.2) is 12.0 Å². The molecule has 1 amide bonds. The Morgan fingerprint density at radius 3 is 2.53 bits per heavy atom. The number of rotatable bonds is 2. The molecule has 0 aromatic rings. The summed E-state index contributed by atoms with van der Waals surface area (Å²) >= 11 is 0. The van der Waals surface area contributed by atoms with Crippen LogP contribution < -0.4 is 0 Å². The summed E-state index contributed by atoms with van der Waals surface area (Å²) in [5, 5.41) is 8.57. The minimum Gasteiger partial charge on any atom is -0.465 e. The third-order valence-corrected chi connectivity index (χ3v) is 2.87. The Bertz CT molecular complexity index is 441. The fourth-order valence-electron chi connectivity index (χ4n) is 1.13. The highest BCUT2D eigenvalue weighted by Crippen LogP contribution is 2.28. The second-order valence-corrected chi connectivity index (χ2v) is 4.70. The van der Waals surface area contributed by atoms with Gasteiger partial charge in [0.1, 0.15) is 5.76 Å². The quantitative estimate of drug-likeness (QED) is 0.609. The van der Waals surface area contributed by atoms with Crippen LogP contribution in [0.25, 0.3) is 0 Å². The summed E-state index contributed by atoms with van der Waals surface area (Å²) in [6.45, 7) is 0.0776. The van der Waals surface area contributed by atoms with Gasteiger partial charge in [0.25, 0.3) is 0 Å². The number of carbonyl (C=O) groups is 1. The van der Waals surface area contributed by atoms with E-state index in [1.54, 1.807) is 0 Å². The first kappa shape index (κ1) is 13.6. The smallest absolute Gasteiger partial charge is 0.465 e. The van der Waals surface area contributed by atoms with Crippen LogP contribution in [0, 0.1) is 0 Å². The minimum atomic E-state index is -5.73. The maximum absolute atomic E-state index is 12.0. The molecule has 1 heterocycles. The lowest BCUT2D eigenvalue weighted by atomic mass is 10.2. The van der Waals surface area contributed by atoms with Crippen molar-refractivity contribution in [1.82, 2.24) is 4.90 Å². The summed E-state index contributed by atoms with van der Waals surface area (Å²) in [5.41, 5.74) is -5.53. The van der Waals surface area contributed by atoms with Crippen LogP contribution >= 0.6 is 0 Å². The molecule has 0 saturated carbocycles. The van der Waals surface area contributed by atoms with E-state index in [1.807, 2.05) is 0 Å². The summed E-state index contributed by atoms with van der Waals surface area (Å²) in [4.78, 5) is 11.2. The van der Waals surface area contributed by atoms with E-state index in [0.29, 0.717) is 4.90 Å². The van der Waals surface area contributed by atoms with E-state index in [1.165, 1.54) is 0 Å². The van der Waals surface area contributed by atoms with Gasteiger partial charge in [-0.2, -0.15) is 21.6 Å². The van der Waals surface area contributed by atoms with E-state index in [9.17, 15) is 26.4 Å². The predicted octanol–water partition coefficient (Wildman–Crippen LogP) is 1.47. The summed E-state index contributed by atoms with van der Waals surface area (Å²) < 4.78 is 61.0. The fraction of sp³-hybridized carbons (Fsp3) is 0.571. The molecule has 10 heteroatoms. The van der Waals surface area contributed by atoms with E-state index in [4.69, 9.17) is 5.11 Å². The molecule has 6 nitrogen and oxygen atoms in total. The van der Waals surface area contributed by atoms with Gasteiger partial charge in [0.2, 0.25) is 0 Å². The number of nitrogens with zero attached hydrogens (tertiary/aromatic N) is 1. The van der Waals surface area contributed by atoms with Gasteiger partial charge >= 0.3 is 21.7 Å². The molecular formula is C7H8F3NO5S. The lowest BCUT2D eigenvalue weighted by Gasteiger charge is -2.22. The topological polar surface area (TPSA) is 83.9 Å². The predicted molar refractivity (Wildman–Crippen MR) is 48.1 cm³/mol. The molecule has 1 N–H and O–H groups in total. The Kier molecular flexibility index (Phi) is 3.55. The van der Waals surface area contributed by atoms with Gasteiger partial charge in [-0.25, -0.2) is 4.79 Å². The summed E-state index contributed by atoms with van der Waals surface area (Å²) in [7, 11) is -5.73. The lowest BCUT2D eigenvalue weighted by Crippen LogP contribution is -2.31. The fourth-order valence-corrected chi connectivity index (χ4v) is 1.63. The van der Waals surface area contributed by atoms with E-state index < -0.39 is 27.5 Å². The van der Waals surface area contributed by atoms with Crippen LogP contribution in [0.4, 0.5) is 18.0 Å². The molecule has 0 spiro atoms. The highest BCUT2D eigenvalue weighted by Gasteiger charge is 2.49. The van der Waals surface area contributed by atoms with Crippen molar-refractivity contribution < 1.29 is 35.7 Å². The summed E-state index contributed by atoms with van der Waals surface area (Å²) in [6.07, 6.45) is -0.546. The average molecular weight is 275 g/mol. The third-order valence-electron chi connectivity index (χ3n) is 1.87. The van der Waals surface area contributed by atoms with Crippen molar-refractivity contribution in [3.63, 3.8) is 0 Å². The van der Waals surface area contributed by atoms with Crippen molar-refractivity contribution in [3.8, 4) is 0 Å². The van der Waals surface area contributed by atoms with Crippen LogP contribution in [0.2, 0.25) is 0 Å². The molecule has 0 bridgehead atoms. The molecule has 0 aromatic carbocycles. The first-order valence-corrected chi connectivity index (χ1v) is 5.75. The van der Waals surface area contributed by atoms with Gasteiger partial charge in [-0.05, 0) is 6.42 Å². The third kappa shape index (κ3) is 3.25. The number of hydrogen-bond donors (Lipinski definition) is 1. The molecule has 0 fully saturated rings. The van der Waals surface area contributed by atoms with Crippen LogP contribution in [0.5, 0.6) is 0 Å². The van der Waals surface area contributed by atoms with Crippen LogP contribution in [-0.4, -0.2) is 36.6 Å². The first-order valence-electron chi connectivity index (χ1n) is 4.34. The van der Waals surface area contributed by atoms with E-state index in [-0.39, 0.29) is 19.4 Å². The Hall–Kier alpha value is -1.45. The van der Waals surface area contributed by atoms with Gasteiger partial charge in [-0.3, -0.25) is 4.90 Å². The standard InChI is InChI=1S/C7H8F3NO5S/c8-7(9,10)17(14,15)16-5-2-1-3-11(4-5)6(12)13/h4H,1-3H2,(H,12,13). The number of halogens is 3. The number of hydrogen-bond acceptors (Lipinski definition) is 4. The molecule has 0 atom stereocenters. The van der Waals surface area contributed by atoms with Crippen LogP contribution in [0.3, 0.4) is 0 Å². The molecule has 0 aromatic heterocycles. The van der Waals surface area contributed by atoms with E-state index >= 15 is 0 Å². The highest BCUT2D eigenvalue weighted by molar-refractivity contribution is 7.87. The number of alkyl halides is 3. The van der Waals surface area contributed by atoms with Gasteiger partial charge in [-0.1, -0.05) is 0 Å². The normalized spacial score (nSPS) is 17.6. The molecule has 98 valence electrons. The van der Waals surface area contributed by atoms with Crippen molar-refractivity contribution in [2.75, 3.05) is 6.54 Å². The van der Waals surface area contributed by atoms with Gasteiger partial charge in [0.15, 0.2) is 0 Å². The van der Waals surface area contributed by atoms with Crippen molar-refractivity contribution in [3.05, 3.63) is 12.0 Å². The van der Waals surface area contributed by atoms with Gasteiger partial charge in [0.05, 0.1) is 0 Å². The Morgan fingerprint density at radius 1 is 1.47 bits per heavy atom. The number of allylic oxidation sites excluding steroid dienone is 1. The Labute approximate surface area is 94.4 Å². The van der Waals surface area contributed by atoms with Crippen LogP contribution in [-0.2, 0) is 14.3 Å². The highest BCUT2D eigenvalue weighted by atomic mass is 32.2. The van der Waals surface area contributed by atoms with Gasteiger partial charge in [0, 0.05) is 19.2 Å². The maximum atomic E-state index is 12.0. The van der Waals surface area contributed by atoms with Crippen molar-refractivity contribution in [1.29, 1.82) is 0 Å². The van der Waals surface area contributed by atoms with Crippen molar-refractivity contribution in [2.45, 2.75) is 18.3 Å². The van der Waals surface area contributed by atoms with Crippen LogP contribution in [0.1, 0.15) is 12.8 Å². The first-order chi connectivity index (χ1) is 7.63. The molecule has 1 aliphatic heterocycles. The van der Waals surface area contributed by atoms with E-state index in [0.717, 1.165) is 6.20 Å². The second kappa shape index (κ2) is 4.43. The summed E-state index contributed by atoms with van der Waals surface area (Å²) in [5.74, 6) is -0.545. The number of carboxylic acid groups (broad SMARTS) is 1. The molecule has 0 radical (unpaired) electrons. The minimum absolute atomic E-state index is 0.0703. The van der Waals surface area contributed by atoms with Gasteiger partial charge in [-0.15, -0.1) is 0 Å². The maximum Gasteiger partial charge on any atom is 0.534 e. The summed E-state index contributed by atoms with van der Waals surface area (Å²) in [6, 6.07) is 0.